The van der Waals surface area contributed by atoms with E-state index in [2.05, 4.69) is 17.4 Å². The Morgan fingerprint density at radius 1 is 1.20 bits per heavy atom. The number of hydrogen-bond donors (Lipinski definition) is 1. The van der Waals surface area contributed by atoms with Crippen molar-refractivity contribution in [2.75, 3.05) is 6.00 Å². The smallest absolute Gasteiger partial charge is 0.0716 e. The van der Waals surface area contributed by atoms with E-state index >= 15 is 0 Å². The summed E-state index contributed by atoms with van der Waals surface area (Å²) in [5.41, 5.74) is 1.27. The maximum Gasteiger partial charge on any atom is 0.0716 e. The van der Waals surface area contributed by atoms with Gasteiger partial charge >= 0.3 is 0 Å². The number of nitrogens with one attached hydrogen (secondary N) is 1. The molecule has 0 unspecified atom stereocenters. The summed E-state index contributed by atoms with van der Waals surface area (Å²) in [6.07, 6.45) is 0. The second-order valence-electron chi connectivity index (χ2n) is 2.05. The van der Waals surface area contributed by atoms with Crippen LogP contribution in [0.5, 0.6) is 0 Å². The Balaban J connectivity index is 2.43. The molecule has 0 atom stereocenters. The van der Waals surface area contributed by atoms with E-state index < -0.39 is 0 Å². The van der Waals surface area contributed by atoms with Gasteiger partial charge < -0.3 is 0 Å². The third-order valence-electron chi connectivity index (χ3n) is 1.27. The molecule has 1 aromatic carbocycles. The van der Waals surface area contributed by atoms with Gasteiger partial charge in [0.25, 0.3) is 0 Å². The molecular weight excluding hydrogens is 146 g/mol. The van der Waals surface area contributed by atoms with Crippen molar-refractivity contribution < 1.29 is 0 Å². The van der Waals surface area contributed by atoms with Crippen molar-refractivity contribution >= 4 is 11.6 Å². The first-order chi connectivity index (χ1) is 4.93. The molecule has 0 heterocycles. The topological polar surface area (TPSA) is 12.0 Å². The standard InChI is InChI=1S/C8H10ClN/c9-7-10-6-8-4-2-1-3-5-8/h1-5,10H,6-7H2. The van der Waals surface area contributed by atoms with Crippen molar-refractivity contribution in [1.29, 1.82) is 0 Å². The van der Waals surface area contributed by atoms with Gasteiger partial charge in [0.2, 0.25) is 0 Å². The van der Waals surface area contributed by atoms with E-state index in [9.17, 15) is 0 Å². The summed E-state index contributed by atoms with van der Waals surface area (Å²) in [6.45, 7) is 0.852. The molecule has 1 rings (SSSR count). The van der Waals surface area contributed by atoms with Gasteiger partial charge in [-0.3, -0.25) is 5.32 Å². The van der Waals surface area contributed by atoms with E-state index in [1.807, 2.05) is 18.2 Å². The van der Waals surface area contributed by atoms with Gasteiger partial charge in [0.1, 0.15) is 0 Å². The summed E-state index contributed by atoms with van der Waals surface area (Å²) in [5.74, 6) is 0. The van der Waals surface area contributed by atoms with Crippen molar-refractivity contribution in [2.45, 2.75) is 6.54 Å². The van der Waals surface area contributed by atoms with Crippen molar-refractivity contribution in [3.63, 3.8) is 0 Å². The zero-order valence-corrected chi connectivity index (χ0v) is 6.43. The second kappa shape index (κ2) is 4.31. The third-order valence-corrected chi connectivity index (χ3v) is 1.46. The van der Waals surface area contributed by atoms with Gasteiger partial charge in [0, 0.05) is 6.54 Å². The molecule has 1 nitrogen and oxygen atoms in total. The Kier molecular flexibility index (Phi) is 3.27. The molecule has 0 aliphatic carbocycles. The Bertz CT molecular complexity index is 174. The molecule has 0 saturated heterocycles. The van der Waals surface area contributed by atoms with Crippen LogP contribution in [0.2, 0.25) is 0 Å². The lowest BCUT2D eigenvalue weighted by Gasteiger charge is -1.98. The van der Waals surface area contributed by atoms with Crippen LogP contribution in [-0.2, 0) is 6.54 Å². The average molecular weight is 156 g/mol. The molecule has 10 heavy (non-hydrogen) atoms. The molecular formula is C8H10ClN. The predicted octanol–water partition coefficient (Wildman–Crippen LogP) is 1.97. The predicted molar refractivity (Wildman–Crippen MR) is 44.0 cm³/mol. The number of alkyl halides is 1. The monoisotopic (exact) mass is 155 g/mol. The highest BCUT2D eigenvalue weighted by molar-refractivity contribution is 6.17. The van der Waals surface area contributed by atoms with Crippen LogP contribution in [0.3, 0.4) is 0 Å². The van der Waals surface area contributed by atoms with Gasteiger partial charge in [-0.1, -0.05) is 30.3 Å². The van der Waals surface area contributed by atoms with Crippen molar-refractivity contribution in [2.24, 2.45) is 0 Å². The van der Waals surface area contributed by atoms with Crippen molar-refractivity contribution in [1.82, 2.24) is 5.32 Å². The normalized spacial score (nSPS) is 9.70. The molecule has 54 valence electrons. The molecule has 0 spiro atoms. The van der Waals surface area contributed by atoms with Crippen LogP contribution in [0, 0.1) is 0 Å². The number of rotatable bonds is 3. The number of halogens is 1. The van der Waals surface area contributed by atoms with E-state index in [1.165, 1.54) is 5.56 Å². The zero-order chi connectivity index (χ0) is 7.23. The van der Waals surface area contributed by atoms with Crippen LogP contribution in [0.25, 0.3) is 0 Å². The fourth-order valence-corrected chi connectivity index (χ4v) is 0.882. The average Bonchev–Trinajstić information content (AvgIpc) is 2.03. The summed E-state index contributed by atoms with van der Waals surface area (Å²) in [6, 6.07) is 10.7. The van der Waals surface area contributed by atoms with Gasteiger partial charge in [-0.05, 0) is 5.56 Å². The van der Waals surface area contributed by atoms with Gasteiger partial charge in [0.15, 0.2) is 0 Å². The fourth-order valence-electron chi connectivity index (χ4n) is 0.787. The molecule has 0 aliphatic heterocycles. The Hall–Kier alpha value is -0.530. The first-order valence-corrected chi connectivity index (χ1v) is 3.77. The van der Waals surface area contributed by atoms with Gasteiger partial charge in [-0.15, -0.1) is 11.6 Å². The molecule has 1 N–H and O–H groups in total. The quantitative estimate of drug-likeness (QED) is 0.520. The summed E-state index contributed by atoms with van der Waals surface area (Å²) in [5, 5.41) is 3.03. The lowest BCUT2D eigenvalue weighted by atomic mass is 10.2. The van der Waals surface area contributed by atoms with Crippen LogP contribution in [0.1, 0.15) is 5.56 Å². The third kappa shape index (κ3) is 2.38. The molecule has 0 aliphatic rings. The summed E-state index contributed by atoms with van der Waals surface area (Å²) in [4.78, 5) is 0. The minimum absolute atomic E-state index is 0.509. The summed E-state index contributed by atoms with van der Waals surface area (Å²) >= 11 is 5.44. The summed E-state index contributed by atoms with van der Waals surface area (Å²) in [7, 11) is 0. The van der Waals surface area contributed by atoms with E-state index in [-0.39, 0.29) is 0 Å². The molecule has 2 heteroatoms. The molecule has 0 amide bonds. The Morgan fingerprint density at radius 3 is 2.50 bits per heavy atom. The highest BCUT2D eigenvalue weighted by atomic mass is 35.5. The highest BCUT2D eigenvalue weighted by Gasteiger charge is 1.86. The second-order valence-corrected chi connectivity index (χ2v) is 2.31. The van der Waals surface area contributed by atoms with E-state index in [1.54, 1.807) is 0 Å². The highest BCUT2D eigenvalue weighted by Crippen LogP contribution is 1.96. The molecule has 0 bridgehead atoms. The van der Waals surface area contributed by atoms with E-state index in [0.29, 0.717) is 6.00 Å². The van der Waals surface area contributed by atoms with Crippen molar-refractivity contribution in [3.8, 4) is 0 Å². The molecule has 0 aromatic heterocycles. The first kappa shape index (κ1) is 7.58. The van der Waals surface area contributed by atoms with Gasteiger partial charge in [0.05, 0.1) is 6.00 Å². The molecule has 0 fully saturated rings. The lowest BCUT2D eigenvalue weighted by molar-refractivity contribution is 0.791. The van der Waals surface area contributed by atoms with Crippen molar-refractivity contribution in [3.05, 3.63) is 35.9 Å². The number of benzene rings is 1. The molecule has 0 saturated carbocycles. The van der Waals surface area contributed by atoms with Crippen LogP contribution in [0.4, 0.5) is 0 Å². The molecule has 0 radical (unpaired) electrons. The fraction of sp³-hybridized carbons (Fsp3) is 0.250. The van der Waals surface area contributed by atoms with E-state index in [0.717, 1.165) is 6.54 Å². The summed E-state index contributed by atoms with van der Waals surface area (Å²) < 4.78 is 0. The van der Waals surface area contributed by atoms with Crippen LogP contribution >= 0.6 is 11.6 Å². The van der Waals surface area contributed by atoms with Crippen LogP contribution < -0.4 is 5.32 Å². The van der Waals surface area contributed by atoms with Gasteiger partial charge in [-0.25, -0.2) is 0 Å². The molecule has 1 aromatic rings. The maximum atomic E-state index is 5.44. The largest absolute Gasteiger partial charge is 0.300 e. The number of hydrogen-bond acceptors (Lipinski definition) is 1. The Morgan fingerprint density at radius 2 is 1.90 bits per heavy atom. The van der Waals surface area contributed by atoms with Crippen LogP contribution in [-0.4, -0.2) is 6.00 Å². The lowest BCUT2D eigenvalue weighted by Crippen LogP contribution is -2.09. The van der Waals surface area contributed by atoms with Gasteiger partial charge in [-0.2, -0.15) is 0 Å². The van der Waals surface area contributed by atoms with Crippen LogP contribution in [0.15, 0.2) is 30.3 Å². The zero-order valence-electron chi connectivity index (χ0n) is 5.68. The minimum atomic E-state index is 0.509. The van der Waals surface area contributed by atoms with E-state index in [4.69, 9.17) is 11.6 Å². The SMILES string of the molecule is ClCNCc1ccccc1. The minimum Gasteiger partial charge on any atom is -0.300 e. The Labute approximate surface area is 66.0 Å². The maximum absolute atomic E-state index is 5.44. The first-order valence-electron chi connectivity index (χ1n) is 3.24.